The molecule has 6 nitrogen and oxygen atoms in total. The van der Waals surface area contributed by atoms with E-state index >= 15 is 0 Å². The number of amides is 1. The van der Waals surface area contributed by atoms with Crippen LogP contribution in [0.4, 0.5) is 4.39 Å². The van der Waals surface area contributed by atoms with Crippen LogP contribution in [0.3, 0.4) is 0 Å². The predicted octanol–water partition coefficient (Wildman–Crippen LogP) is 1.52. The maximum atomic E-state index is 13.0. The highest BCUT2D eigenvalue weighted by Gasteiger charge is 2.11. The number of nitrogens with one attached hydrogen (secondary N) is 2. The number of benzene rings is 1. The van der Waals surface area contributed by atoms with E-state index in [1.807, 2.05) is 13.8 Å². The minimum atomic E-state index is -0.409. The van der Waals surface area contributed by atoms with Gasteiger partial charge in [-0.3, -0.25) is 9.59 Å². The normalized spacial score (nSPS) is 11.5. The number of likely N-dealkylation sites (N-methyl/N-ethyl adjacent to an activating group) is 1. The van der Waals surface area contributed by atoms with E-state index in [0.717, 1.165) is 11.2 Å². The summed E-state index contributed by atoms with van der Waals surface area (Å²) < 4.78 is 14.0. The number of nitrogens with zero attached hydrogens (tertiary/aromatic N) is 2. The summed E-state index contributed by atoms with van der Waals surface area (Å²) in [5.41, 5.74) is 0.124. The van der Waals surface area contributed by atoms with E-state index < -0.39 is 11.4 Å². The maximum Gasteiger partial charge on any atom is 0.271 e. The summed E-state index contributed by atoms with van der Waals surface area (Å²) in [7, 11) is 0. The molecule has 1 heterocycles. The predicted molar refractivity (Wildman–Crippen MR) is 92.5 cm³/mol. The summed E-state index contributed by atoms with van der Waals surface area (Å²) in [5.74, 6) is -0.779. The van der Waals surface area contributed by atoms with Gasteiger partial charge in [0, 0.05) is 18.7 Å². The van der Waals surface area contributed by atoms with Crippen molar-refractivity contribution in [2.24, 2.45) is 0 Å². The molecule has 0 fully saturated rings. The van der Waals surface area contributed by atoms with Gasteiger partial charge in [-0.2, -0.15) is 9.78 Å². The number of halogens is 2. The number of hydrogen-bond donors (Lipinski definition) is 2. The van der Waals surface area contributed by atoms with Gasteiger partial charge in [0.1, 0.15) is 11.5 Å². The molecule has 0 spiro atoms. The molecule has 0 saturated heterocycles. The van der Waals surface area contributed by atoms with Crippen molar-refractivity contribution < 1.29 is 9.18 Å². The fraction of sp³-hybridized carbons (Fsp3) is 0.312. The number of carbonyl (C=O) groups excluding carboxylic acids is 1. The molecule has 0 bridgehead atoms. The van der Waals surface area contributed by atoms with Gasteiger partial charge >= 0.3 is 0 Å². The lowest BCUT2D eigenvalue weighted by Gasteiger charge is -2.13. The van der Waals surface area contributed by atoms with Gasteiger partial charge < -0.3 is 10.6 Å². The van der Waals surface area contributed by atoms with E-state index in [1.165, 1.54) is 36.4 Å². The van der Waals surface area contributed by atoms with Gasteiger partial charge in [0.25, 0.3) is 11.5 Å². The third-order valence-corrected chi connectivity index (χ3v) is 3.23. The van der Waals surface area contributed by atoms with Crippen LogP contribution in [0.15, 0.2) is 41.2 Å². The molecule has 1 aromatic carbocycles. The quantitative estimate of drug-likeness (QED) is 0.824. The van der Waals surface area contributed by atoms with E-state index in [0.29, 0.717) is 12.2 Å². The Morgan fingerprint density at radius 2 is 1.92 bits per heavy atom. The molecule has 0 saturated carbocycles. The van der Waals surface area contributed by atoms with Crippen molar-refractivity contribution in [2.75, 3.05) is 13.1 Å². The Bertz CT molecular complexity index is 734. The molecular weight excluding hydrogens is 335 g/mol. The second-order valence-electron chi connectivity index (χ2n) is 5.11. The summed E-state index contributed by atoms with van der Waals surface area (Å²) in [6.07, 6.45) is 0. The van der Waals surface area contributed by atoms with Gasteiger partial charge in [-0.05, 0) is 43.8 Å². The largest absolute Gasteiger partial charge is 0.349 e. The van der Waals surface area contributed by atoms with E-state index in [1.54, 1.807) is 0 Å². The zero-order valence-corrected chi connectivity index (χ0v) is 14.3. The first-order valence-corrected chi connectivity index (χ1v) is 7.39. The fourth-order valence-electron chi connectivity index (χ4n) is 2.06. The molecule has 1 amide bonds. The van der Waals surface area contributed by atoms with Gasteiger partial charge in [-0.25, -0.2) is 4.39 Å². The average molecular weight is 355 g/mol. The molecule has 2 aromatic rings. The molecule has 24 heavy (non-hydrogen) atoms. The number of hydrogen-bond acceptors (Lipinski definition) is 4. The second-order valence-corrected chi connectivity index (χ2v) is 5.11. The lowest BCUT2D eigenvalue weighted by molar-refractivity contribution is 0.0943. The molecule has 0 aliphatic carbocycles. The van der Waals surface area contributed by atoms with Gasteiger partial charge in [0.05, 0.1) is 5.69 Å². The standard InChI is InChI=1S/C16H19FN4O2.ClH/c1-3-18-11(2)10-19-16(23)14-8-9-15(22)21(20-14)13-6-4-12(17)5-7-13;/h4-9,11,18H,3,10H2,1-2H3,(H,19,23);1H/t11-;/m1./s1. The lowest BCUT2D eigenvalue weighted by atomic mass is 10.3. The van der Waals surface area contributed by atoms with Crippen LogP contribution in [0.25, 0.3) is 5.69 Å². The summed E-state index contributed by atoms with van der Waals surface area (Å²) >= 11 is 0. The minimum absolute atomic E-state index is 0. The first-order chi connectivity index (χ1) is 11.0. The van der Waals surface area contributed by atoms with Crippen LogP contribution in [0, 0.1) is 5.82 Å². The smallest absolute Gasteiger partial charge is 0.271 e. The lowest BCUT2D eigenvalue weighted by Crippen LogP contribution is -2.39. The molecule has 1 atom stereocenters. The molecule has 130 valence electrons. The van der Waals surface area contributed by atoms with Crippen LogP contribution >= 0.6 is 12.4 Å². The topological polar surface area (TPSA) is 76.0 Å². The number of rotatable bonds is 6. The van der Waals surface area contributed by atoms with E-state index in [9.17, 15) is 14.0 Å². The minimum Gasteiger partial charge on any atom is -0.349 e. The third-order valence-electron chi connectivity index (χ3n) is 3.23. The molecular formula is C16H20ClFN4O2. The fourth-order valence-corrected chi connectivity index (χ4v) is 2.06. The van der Waals surface area contributed by atoms with Crippen molar-refractivity contribution in [3.05, 3.63) is 58.3 Å². The zero-order valence-electron chi connectivity index (χ0n) is 13.5. The van der Waals surface area contributed by atoms with Crippen LogP contribution in [0.5, 0.6) is 0 Å². The van der Waals surface area contributed by atoms with Crippen molar-refractivity contribution in [3.63, 3.8) is 0 Å². The molecule has 1 aromatic heterocycles. The monoisotopic (exact) mass is 354 g/mol. The van der Waals surface area contributed by atoms with Crippen molar-refractivity contribution in [1.82, 2.24) is 20.4 Å². The zero-order chi connectivity index (χ0) is 16.8. The summed E-state index contributed by atoms with van der Waals surface area (Å²) in [5, 5.41) is 9.97. The summed E-state index contributed by atoms with van der Waals surface area (Å²) in [4.78, 5) is 24.0. The third kappa shape index (κ3) is 5.14. The van der Waals surface area contributed by atoms with E-state index in [4.69, 9.17) is 0 Å². The van der Waals surface area contributed by atoms with Gasteiger partial charge in [-0.1, -0.05) is 6.92 Å². The highest BCUT2D eigenvalue weighted by Crippen LogP contribution is 2.05. The Hall–Kier alpha value is -2.25. The van der Waals surface area contributed by atoms with Crippen LogP contribution in [-0.2, 0) is 0 Å². The van der Waals surface area contributed by atoms with Gasteiger partial charge in [0.15, 0.2) is 0 Å². The van der Waals surface area contributed by atoms with Gasteiger partial charge in [0.2, 0.25) is 0 Å². The van der Waals surface area contributed by atoms with Crippen LogP contribution < -0.4 is 16.2 Å². The van der Waals surface area contributed by atoms with Crippen LogP contribution in [0.2, 0.25) is 0 Å². The molecule has 0 aliphatic rings. The molecule has 2 rings (SSSR count). The Balaban J connectivity index is 0.00000288. The average Bonchev–Trinajstić information content (AvgIpc) is 2.54. The Kier molecular flexibility index (Phi) is 7.54. The molecule has 0 aliphatic heterocycles. The molecule has 2 N–H and O–H groups in total. The van der Waals surface area contributed by atoms with E-state index in [-0.39, 0.29) is 30.0 Å². The Morgan fingerprint density at radius 1 is 1.25 bits per heavy atom. The van der Waals surface area contributed by atoms with Crippen molar-refractivity contribution in [1.29, 1.82) is 0 Å². The molecule has 0 radical (unpaired) electrons. The van der Waals surface area contributed by atoms with Crippen LogP contribution in [-0.4, -0.2) is 34.8 Å². The summed E-state index contributed by atoms with van der Waals surface area (Å²) in [6, 6.07) is 8.08. The van der Waals surface area contributed by atoms with E-state index in [2.05, 4.69) is 15.7 Å². The van der Waals surface area contributed by atoms with Crippen molar-refractivity contribution >= 4 is 18.3 Å². The molecule has 0 unspecified atom stereocenters. The van der Waals surface area contributed by atoms with Crippen molar-refractivity contribution in [2.45, 2.75) is 19.9 Å². The van der Waals surface area contributed by atoms with Crippen molar-refractivity contribution in [3.8, 4) is 5.69 Å². The maximum absolute atomic E-state index is 13.0. The highest BCUT2D eigenvalue weighted by atomic mass is 35.5. The first-order valence-electron chi connectivity index (χ1n) is 7.39. The summed E-state index contributed by atoms with van der Waals surface area (Å²) in [6.45, 7) is 5.20. The SMILES string of the molecule is CCN[C@H](C)CNC(=O)c1ccc(=O)n(-c2ccc(F)cc2)n1.Cl. The first kappa shape index (κ1) is 19.8. The van der Waals surface area contributed by atoms with Crippen LogP contribution in [0.1, 0.15) is 24.3 Å². The van der Waals surface area contributed by atoms with Gasteiger partial charge in [-0.15, -0.1) is 12.4 Å². The Labute approximate surface area is 145 Å². The second kappa shape index (κ2) is 9.14. The number of aromatic nitrogens is 2. The highest BCUT2D eigenvalue weighted by molar-refractivity contribution is 5.92. The number of carbonyl (C=O) groups is 1. The molecule has 8 heteroatoms. The Morgan fingerprint density at radius 3 is 2.54 bits per heavy atom.